The van der Waals surface area contributed by atoms with E-state index in [0.717, 1.165) is 23.2 Å². The molecule has 1 heterocycles. The molecule has 6 nitrogen and oxygen atoms in total. The number of carbonyl (C=O) groups is 1. The second kappa shape index (κ2) is 11.2. The summed E-state index contributed by atoms with van der Waals surface area (Å²) in [5, 5.41) is 0.569. The fourth-order valence-corrected chi connectivity index (χ4v) is 5.35. The van der Waals surface area contributed by atoms with Crippen LogP contribution in [-0.4, -0.2) is 40.6 Å². The van der Waals surface area contributed by atoms with Crippen LogP contribution in [0.1, 0.15) is 68.4 Å². The number of aryl methyl sites for hydroxylation is 2. The van der Waals surface area contributed by atoms with Crippen molar-refractivity contribution in [1.82, 2.24) is 14.5 Å². The molecule has 35 heavy (non-hydrogen) atoms. The van der Waals surface area contributed by atoms with E-state index in [2.05, 4.69) is 6.07 Å². The predicted octanol–water partition coefficient (Wildman–Crippen LogP) is 5.51. The van der Waals surface area contributed by atoms with Gasteiger partial charge in [-0.3, -0.25) is 14.2 Å². The molecule has 0 N–H and O–H groups in total. The van der Waals surface area contributed by atoms with Crippen molar-refractivity contribution in [3.8, 4) is 5.69 Å². The van der Waals surface area contributed by atoms with E-state index < -0.39 is 0 Å². The number of rotatable bonds is 9. The van der Waals surface area contributed by atoms with Crippen LogP contribution in [0, 0.1) is 19.8 Å². The maximum Gasteiger partial charge on any atom is 0.266 e. The number of nitrogens with zero attached hydrogens (tertiary/aromatic N) is 3. The lowest BCUT2D eigenvalue weighted by atomic mass is 10.0. The van der Waals surface area contributed by atoms with E-state index in [-0.39, 0.29) is 17.5 Å². The van der Waals surface area contributed by atoms with Gasteiger partial charge in [-0.2, -0.15) is 0 Å². The summed E-state index contributed by atoms with van der Waals surface area (Å²) >= 11 is 0. The summed E-state index contributed by atoms with van der Waals surface area (Å²) in [5.74, 6) is 1.31. The van der Waals surface area contributed by atoms with Crippen molar-refractivity contribution in [2.24, 2.45) is 5.92 Å². The van der Waals surface area contributed by atoms with Crippen molar-refractivity contribution < 1.29 is 9.53 Å². The van der Waals surface area contributed by atoms with E-state index >= 15 is 0 Å². The smallest absolute Gasteiger partial charge is 0.266 e. The van der Waals surface area contributed by atoms with Gasteiger partial charge >= 0.3 is 0 Å². The van der Waals surface area contributed by atoms with Crippen LogP contribution in [0.15, 0.2) is 47.3 Å². The fourth-order valence-electron chi connectivity index (χ4n) is 5.35. The maximum absolute atomic E-state index is 13.8. The molecule has 4 rings (SSSR count). The number of carbonyl (C=O) groups excluding carboxylic acids is 1. The van der Waals surface area contributed by atoms with Gasteiger partial charge in [0.15, 0.2) is 0 Å². The second-order valence-corrected chi connectivity index (χ2v) is 9.86. The predicted molar refractivity (Wildman–Crippen MR) is 140 cm³/mol. The molecule has 1 fully saturated rings. The van der Waals surface area contributed by atoms with Crippen molar-refractivity contribution in [3.05, 3.63) is 69.8 Å². The number of ether oxygens (including phenoxy) is 1. The molecule has 0 spiro atoms. The quantitative estimate of drug-likeness (QED) is 0.409. The van der Waals surface area contributed by atoms with Gasteiger partial charge in [-0.1, -0.05) is 55.5 Å². The average molecular weight is 476 g/mol. The van der Waals surface area contributed by atoms with E-state index in [0.29, 0.717) is 42.2 Å². The molecular formula is C29H37N3O3. The Morgan fingerprint density at radius 3 is 2.63 bits per heavy atom. The number of benzene rings is 2. The minimum absolute atomic E-state index is 0.0936. The van der Waals surface area contributed by atoms with Gasteiger partial charge in [0.25, 0.3) is 5.56 Å². The van der Waals surface area contributed by atoms with E-state index in [1.807, 2.05) is 62.1 Å². The second-order valence-electron chi connectivity index (χ2n) is 9.86. The third kappa shape index (κ3) is 5.48. The highest BCUT2D eigenvalue weighted by atomic mass is 16.5. The van der Waals surface area contributed by atoms with E-state index in [4.69, 9.17) is 9.72 Å². The number of amides is 1. The third-order valence-electron chi connectivity index (χ3n) is 7.33. The molecule has 2 aromatic carbocycles. The molecule has 6 heteroatoms. The summed E-state index contributed by atoms with van der Waals surface area (Å²) in [4.78, 5) is 34.1. The van der Waals surface area contributed by atoms with E-state index in [1.54, 1.807) is 11.7 Å². The van der Waals surface area contributed by atoms with Gasteiger partial charge in [0.05, 0.1) is 29.2 Å². The Morgan fingerprint density at radius 1 is 1.17 bits per heavy atom. The summed E-state index contributed by atoms with van der Waals surface area (Å²) < 4.78 is 7.04. The average Bonchev–Trinajstić information content (AvgIpc) is 3.37. The maximum atomic E-state index is 13.8. The zero-order valence-corrected chi connectivity index (χ0v) is 21.4. The number of aromatic nitrogens is 2. The van der Waals surface area contributed by atoms with Crippen LogP contribution < -0.4 is 5.56 Å². The summed E-state index contributed by atoms with van der Waals surface area (Å²) in [6.07, 6.45) is 6.42. The van der Waals surface area contributed by atoms with Gasteiger partial charge in [0, 0.05) is 20.1 Å². The van der Waals surface area contributed by atoms with Gasteiger partial charge in [-0.25, -0.2) is 4.98 Å². The fraction of sp³-hybridized carbons (Fsp3) is 0.483. The van der Waals surface area contributed by atoms with Crippen LogP contribution in [0.3, 0.4) is 0 Å². The molecule has 186 valence electrons. The highest BCUT2D eigenvalue weighted by Crippen LogP contribution is 2.30. The van der Waals surface area contributed by atoms with Crippen LogP contribution in [0.25, 0.3) is 16.6 Å². The Morgan fingerprint density at radius 2 is 1.91 bits per heavy atom. The molecular weight excluding hydrogens is 438 g/mol. The Bertz CT molecular complexity index is 1240. The SMILES string of the molecule is COCCN(C(=O)CCC1CCCC1)C(C)c1nc2ccccc2c(=O)n1-c1ccc(C)cc1C. The van der Waals surface area contributed by atoms with Crippen molar-refractivity contribution in [1.29, 1.82) is 0 Å². The molecule has 1 saturated carbocycles. The first kappa shape index (κ1) is 25.1. The number of hydrogen-bond acceptors (Lipinski definition) is 4. The molecule has 0 aliphatic heterocycles. The Hall–Kier alpha value is -2.99. The molecule has 0 radical (unpaired) electrons. The summed E-state index contributed by atoms with van der Waals surface area (Å²) in [7, 11) is 1.64. The first-order valence-electron chi connectivity index (χ1n) is 12.8. The van der Waals surface area contributed by atoms with Crippen LogP contribution in [-0.2, 0) is 9.53 Å². The third-order valence-corrected chi connectivity index (χ3v) is 7.33. The summed E-state index contributed by atoms with van der Waals surface area (Å²) in [6.45, 7) is 6.91. The topological polar surface area (TPSA) is 64.4 Å². The van der Waals surface area contributed by atoms with Crippen LogP contribution in [0.2, 0.25) is 0 Å². The highest BCUT2D eigenvalue weighted by molar-refractivity contribution is 5.79. The lowest BCUT2D eigenvalue weighted by Crippen LogP contribution is -2.39. The number of para-hydroxylation sites is 1. The van der Waals surface area contributed by atoms with E-state index in [9.17, 15) is 9.59 Å². The van der Waals surface area contributed by atoms with Gasteiger partial charge in [0.1, 0.15) is 5.82 Å². The Balaban J connectivity index is 1.78. The van der Waals surface area contributed by atoms with Crippen LogP contribution >= 0.6 is 0 Å². The largest absolute Gasteiger partial charge is 0.383 e. The molecule has 1 aliphatic rings. The minimum atomic E-state index is -0.390. The Kier molecular flexibility index (Phi) is 8.01. The number of methoxy groups -OCH3 is 1. The van der Waals surface area contributed by atoms with Crippen LogP contribution in [0.4, 0.5) is 0 Å². The number of fused-ring (bicyclic) bond motifs is 1. The summed E-state index contributed by atoms with van der Waals surface area (Å²) in [6, 6.07) is 13.1. The van der Waals surface area contributed by atoms with E-state index in [1.165, 1.54) is 25.7 Å². The van der Waals surface area contributed by atoms with Crippen LogP contribution in [0.5, 0.6) is 0 Å². The zero-order chi connectivity index (χ0) is 24.9. The number of hydrogen-bond donors (Lipinski definition) is 0. The van der Waals surface area contributed by atoms with Gasteiger partial charge in [-0.15, -0.1) is 0 Å². The molecule has 1 aliphatic carbocycles. The first-order valence-corrected chi connectivity index (χ1v) is 12.8. The highest BCUT2D eigenvalue weighted by Gasteiger charge is 2.28. The lowest BCUT2D eigenvalue weighted by Gasteiger charge is -2.31. The van der Waals surface area contributed by atoms with Crippen molar-refractivity contribution in [2.45, 2.75) is 65.3 Å². The molecule has 0 bridgehead atoms. The minimum Gasteiger partial charge on any atom is -0.383 e. The molecule has 1 unspecified atom stereocenters. The molecule has 1 aromatic heterocycles. The molecule has 3 aromatic rings. The molecule has 1 amide bonds. The normalized spacial score (nSPS) is 15.0. The Labute approximate surface area is 207 Å². The lowest BCUT2D eigenvalue weighted by molar-refractivity contribution is -0.134. The van der Waals surface area contributed by atoms with Crippen molar-refractivity contribution >= 4 is 16.8 Å². The van der Waals surface area contributed by atoms with Gasteiger partial charge in [0.2, 0.25) is 5.91 Å². The standard InChI is InChI=1S/C29H37N3O3/c1-20-13-15-26(21(2)19-20)32-28(30-25-12-8-7-11-24(25)29(32)34)22(3)31(17-18-35-4)27(33)16-14-23-9-5-6-10-23/h7-8,11-13,15,19,22-23H,5-6,9-10,14,16-18H2,1-4H3. The molecule has 0 saturated heterocycles. The van der Waals surface area contributed by atoms with Gasteiger partial charge < -0.3 is 9.64 Å². The van der Waals surface area contributed by atoms with Crippen molar-refractivity contribution in [3.63, 3.8) is 0 Å². The van der Waals surface area contributed by atoms with Crippen molar-refractivity contribution in [2.75, 3.05) is 20.3 Å². The van der Waals surface area contributed by atoms with Gasteiger partial charge in [-0.05, 0) is 56.9 Å². The zero-order valence-electron chi connectivity index (χ0n) is 21.4. The summed E-state index contributed by atoms with van der Waals surface area (Å²) in [5.41, 5.74) is 3.45. The monoisotopic (exact) mass is 475 g/mol. The molecule has 1 atom stereocenters. The first-order chi connectivity index (χ1) is 16.9.